The normalized spacial score (nSPS) is 16.9. The van der Waals surface area contributed by atoms with Crippen LogP contribution < -0.4 is 15.8 Å². The van der Waals surface area contributed by atoms with Crippen LogP contribution in [-0.2, 0) is 20.8 Å². The maximum absolute atomic E-state index is 13.4. The molecule has 4 N–H and O–H groups in total. The molecule has 0 aliphatic carbocycles. The minimum Gasteiger partial charge on any atom is -0.496 e. The van der Waals surface area contributed by atoms with E-state index in [0.29, 0.717) is 28.3 Å². The number of nitrogen functional groups attached to an aromatic ring is 1. The highest BCUT2D eigenvalue weighted by Crippen LogP contribution is 2.29. The minimum atomic E-state index is -1.14. The van der Waals surface area contributed by atoms with Gasteiger partial charge in [0.1, 0.15) is 12.3 Å². The maximum Gasteiger partial charge on any atom is 0.337 e. The number of halogens is 1. The summed E-state index contributed by atoms with van der Waals surface area (Å²) >= 11 is 6.12. The average molecular weight is 502 g/mol. The van der Waals surface area contributed by atoms with Crippen molar-refractivity contribution in [1.29, 1.82) is 0 Å². The zero-order valence-electron chi connectivity index (χ0n) is 19.5. The molecule has 0 bridgehead atoms. The van der Waals surface area contributed by atoms with E-state index in [-0.39, 0.29) is 43.1 Å². The van der Waals surface area contributed by atoms with E-state index in [1.165, 1.54) is 19.2 Å². The number of ether oxygens (including phenoxy) is 1. The van der Waals surface area contributed by atoms with Crippen molar-refractivity contribution in [3.05, 3.63) is 58.1 Å². The van der Waals surface area contributed by atoms with Crippen LogP contribution >= 0.6 is 11.6 Å². The van der Waals surface area contributed by atoms with Gasteiger partial charge in [-0.25, -0.2) is 4.79 Å². The third-order valence-electron chi connectivity index (χ3n) is 6.16. The summed E-state index contributed by atoms with van der Waals surface area (Å²) in [6.07, 6.45) is 0.751. The fraction of sp³-hybridized carbons (Fsp3) is 0.360. The summed E-state index contributed by atoms with van der Waals surface area (Å²) in [4.78, 5) is 51.2. The molecule has 1 saturated heterocycles. The standard InChI is InChI=1S/C25H28ClN3O6/c1-3-14(15-4-6-19(25(33)34)20(27)10-15)11-23(31)29-13-22(30)28-12-17(24(29)32)8-16-9-18(26)5-7-21(16)35-2/h4-7,9-10,14,17H,3,8,11-13,27H2,1-2H3,(H,28,30)(H,33,34)/t14-,17-/m0/s1. The first kappa shape index (κ1) is 26.0. The Morgan fingerprint density at radius 2 is 2.00 bits per heavy atom. The molecular weight excluding hydrogens is 474 g/mol. The molecule has 0 radical (unpaired) electrons. The molecule has 1 aliphatic heterocycles. The SMILES string of the molecule is CC[C@@H](CC(=O)N1CC(=O)NC[C@H](Cc2cc(Cl)ccc2OC)C1=O)c1ccc(C(=O)O)c(N)c1. The minimum absolute atomic E-state index is 0.0198. The smallest absolute Gasteiger partial charge is 0.337 e. The van der Waals surface area contributed by atoms with Gasteiger partial charge < -0.3 is 20.9 Å². The topological polar surface area (TPSA) is 139 Å². The number of imide groups is 1. The Labute approximate surface area is 208 Å². The number of benzene rings is 2. The summed E-state index contributed by atoms with van der Waals surface area (Å²) < 4.78 is 5.37. The summed E-state index contributed by atoms with van der Waals surface area (Å²) in [6, 6.07) is 9.64. The summed E-state index contributed by atoms with van der Waals surface area (Å²) in [5, 5.41) is 12.4. The molecule has 9 nitrogen and oxygen atoms in total. The Hall–Kier alpha value is -3.59. The first-order valence-electron chi connectivity index (χ1n) is 11.2. The lowest BCUT2D eigenvalue weighted by Crippen LogP contribution is -2.43. The fourth-order valence-electron chi connectivity index (χ4n) is 4.21. The van der Waals surface area contributed by atoms with Crippen LogP contribution in [-0.4, -0.2) is 53.9 Å². The maximum atomic E-state index is 13.4. The van der Waals surface area contributed by atoms with Crippen LogP contribution in [0, 0.1) is 5.92 Å². The lowest BCUT2D eigenvalue weighted by atomic mass is 9.91. The van der Waals surface area contributed by atoms with Gasteiger partial charge in [0.05, 0.1) is 18.6 Å². The number of amides is 3. The average Bonchev–Trinajstić information content (AvgIpc) is 2.96. The van der Waals surface area contributed by atoms with Crippen LogP contribution in [0.15, 0.2) is 36.4 Å². The number of rotatable bonds is 8. The fourth-order valence-corrected chi connectivity index (χ4v) is 4.41. The third kappa shape index (κ3) is 6.10. The largest absolute Gasteiger partial charge is 0.496 e. The van der Waals surface area contributed by atoms with E-state index in [1.807, 2.05) is 6.92 Å². The van der Waals surface area contributed by atoms with Crippen LogP contribution in [0.1, 0.15) is 47.2 Å². The van der Waals surface area contributed by atoms with Crippen LogP contribution in [0.2, 0.25) is 5.02 Å². The molecule has 2 aromatic carbocycles. The van der Waals surface area contributed by atoms with Crippen molar-refractivity contribution in [3.8, 4) is 5.75 Å². The molecule has 0 unspecified atom stereocenters. The first-order valence-corrected chi connectivity index (χ1v) is 11.6. The van der Waals surface area contributed by atoms with Gasteiger partial charge in [0.25, 0.3) is 0 Å². The van der Waals surface area contributed by atoms with E-state index in [4.69, 9.17) is 22.1 Å². The van der Waals surface area contributed by atoms with Crippen molar-refractivity contribution in [2.24, 2.45) is 5.92 Å². The molecule has 0 aromatic heterocycles. The number of aromatic carboxylic acids is 1. The molecule has 186 valence electrons. The lowest BCUT2D eigenvalue weighted by molar-refractivity contribution is -0.148. The van der Waals surface area contributed by atoms with Gasteiger partial charge in [-0.1, -0.05) is 24.6 Å². The van der Waals surface area contributed by atoms with E-state index in [1.54, 1.807) is 24.3 Å². The second kappa shape index (κ2) is 11.2. The van der Waals surface area contributed by atoms with Crippen molar-refractivity contribution in [1.82, 2.24) is 10.2 Å². The van der Waals surface area contributed by atoms with Gasteiger partial charge in [-0.15, -0.1) is 0 Å². The van der Waals surface area contributed by atoms with E-state index in [9.17, 15) is 24.3 Å². The summed E-state index contributed by atoms with van der Waals surface area (Å²) in [6.45, 7) is 1.60. The number of carbonyl (C=O) groups excluding carboxylic acids is 3. The molecule has 3 rings (SSSR count). The molecular formula is C25H28ClN3O6. The highest BCUT2D eigenvalue weighted by atomic mass is 35.5. The van der Waals surface area contributed by atoms with Crippen molar-refractivity contribution in [3.63, 3.8) is 0 Å². The number of carbonyl (C=O) groups is 4. The number of carboxylic acids is 1. The summed E-state index contributed by atoms with van der Waals surface area (Å²) in [5.74, 6) is -2.92. The van der Waals surface area contributed by atoms with Gasteiger partial charge in [0, 0.05) is 23.7 Å². The number of methoxy groups -OCH3 is 1. The third-order valence-corrected chi connectivity index (χ3v) is 6.40. The Morgan fingerprint density at radius 3 is 2.63 bits per heavy atom. The van der Waals surface area contributed by atoms with E-state index in [2.05, 4.69) is 5.32 Å². The van der Waals surface area contributed by atoms with Gasteiger partial charge in [-0.3, -0.25) is 19.3 Å². The molecule has 0 spiro atoms. The number of nitrogens with two attached hydrogens (primary N) is 1. The monoisotopic (exact) mass is 501 g/mol. The second-order valence-corrected chi connectivity index (χ2v) is 8.88. The molecule has 0 saturated carbocycles. The Balaban J connectivity index is 1.81. The number of anilines is 1. The van der Waals surface area contributed by atoms with E-state index < -0.39 is 29.6 Å². The van der Waals surface area contributed by atoms with E-state index >= 15 is 0 Å². The molecule has 1 fully saturated rings. The number of nitrogens with one attached hydrogen (secondary N) is 1. The van der Waals surface area contributed by atoms with E-state index in [0.717, 1.165) is 4.90 Å². The predicted octanol–water partition coefficient (Wildman–Crippen LogP) is 2.86. The van der Waals surface area contributed by atoms with Crippen molar-refractivity contribution in [2.45, 2.75) is 32.1 Å². The molecule has 10 heteroatoms. The Morgan fingerprint density at radius 1 is 1.26 bits per heavy atom. The number of carboxylic acid groups (broad SMARTS) is 1. The van der Waals surface area contributed by atoms with Crippen LogP contribution in [0.4, 0.5) is 5.69 Å². The Bertz CT molecular complexity index is 1150. The molecule has 1 aliphatic rings. The van der Waals surface area contributed by atoms with Crippen molar-refractivity contribution >= 4 is 41.0 Å². The molecule has 2 aromatic rings. The lowest BCUT2D eigenvalue weighted by Gasteiger charge is -2.24. The predicted molar refractivity (Wildman–Crippen MR) is 130 cm³/mol. The number of hydrogen-bond acceptors (Lipinski definition) is 6. The second-order valence-electron chi connectivity index (χ2n) is 8.44. The van der Waals surface area contributed by atoms with Crippen LogP contribution in [0.3, 0.4) is 0 Å². The summed E-state index contributed by atoms with van der Waals surface area (Å²) in [5.41, 5.74) is 7.34. The highest BCUT2D eigenvalue weighted by molar-refractivity contribution is 6.30. The summed E-state index contributed by atoms with van der Waals surface area (Å²) in [7, 11) is 1.51. The van der Waals surface area contributed by atoms with Gasteiger partial charge in [0.2, 0.25) is 17.7 Å². The number of nitrogens with zero attached hydrogens (tertiary/aromatic N) is 1. The molecule has 2 atom stereocenters. The first-order chi connectivity index (χ1) is 16.6. The van der Waals surface area contributed by atoms with Crippen molar-refractivity contribution in [2.75, 3.05) is 25.9 Å². The van der Waals surface area contributed by atoms with Gasteiger partial charge in [0.15, 0.2) is 0 Å². The highest BCUT2D eigenvalue weighted by Gasteiger charge is 2.35. The van der Waals surface area contributed by atoms with Crippen molar-refractivity contribution < 1.29 is 29.0 Å². The van der Waals surface area contributed by atoms with Gasteiger partial charge in [-0.2, -0.15) is 0 Å². The zero-order chi connectivity index (χ0) is 25.7. The molecule has 35 heavy (non-hydrogen) atoms. The molecule has 3 amide bonds. The molecule has 1 heterocycles. The number of hydrogen-bond donors (Lipinski definition) is 3. The van der Waals surface area contributed by atoms with Crippen LogP contribution in [0.5, 0.6) is 5.75 Å². The Kier molecular flexibility index (Phi) is 8.34. The van der Waals surface area contributed by atoms with Gasteiger partial charge in [-0.05, 0) is 60.2 Å². The van der Waals surface area contributed by atoms with Gasteiger partial charge >= 0.3 is 5.97 Å². The zero-order valence-corrected chi connectivity index (χ0v) is 20.3. The quantitative estimate of drug-likeness (QED) is 0.472. The van der Waals surface area contributed by atoms with Crippen LogP contribution in [0.25, 0.3) is 0 Å².